The molecule has 1 aliphatic heterocycles. The van der Waals surface area contributed by atoms with E-state index in [0.29, 0.717) is 24.3 Å². The van der Waals surface area contributed by atoms with Gasteiger partial charge in [-0.15, -0.1) is 0 Å². The number of esters is 1. The highest BCUT2D eigenvalue weighted by atomic mass is 16.7. The third-order valence-electron chi connectivity index (χ3n) is 3.21. The van der Waals surface area contributed by atoms with Crippen LogP contribution in [0.5, 0.6) is 0 Å². The van der Waals surface area contributed by atoms with Crippen LogP contribution in [0.25, 0.3) is 0 Å². The van der Waals surface area contributed by atoms with E-state index in [1.165, 1.54) is 0 Å². The van der Waals surface area contributed by atoms with Gasteiger partial charge in [0.15, 0.2) is 0 Å². The second kappa shape index (κ2) is 3.09. The molecule has 1 N–H and O–H groups in total. The fourth-order valence-electron chi connectivity index (χ4n) is 2.47. The zero-order valence-electron chi connectivity index (χ0n) is 8.67. The van der Waals surface area contributed by atoms with Crippen LogP contribution in [0, 0.1) is 5.92 Å². The molecule has 2 unspecified atom stereocenters. The summed E-state index contributed by atoms with van der Waals surface area (Å²) in [6.07, 6.45) is 3.05. The molecule has 14 heavy (non-hydrogen) atoms. The van der Waals surface area contributed by atoms with Crippen molar-refractivity contribution in [2.75, 3.05) is 0 Å². The highest BCUT2D eigenvalue weighted by molar-refractivity contribution is 5.92. The van der Waals surface area contributed by atoms with Crippen LogP contribution in [0.1, 0.15) is 39.5 Å². The molecule has 0 aromatic rings. The molecule has 0 amide bonds. The largest absolute Gasteiger partial charge is 0.426 e. The topological polar surface area (TPSA) is 46.5 Å². The van der Waals surface area contributed by atoms with Crippen molar-refractivity contribution in [3.63, 3.8) is 0 Å². The Balaban J connectivity index is 2.36. The molecule has 0 spiro atoms. The lowest BCUT2D eigenvalue weighted by molar-refractivity contribution is -0.190. The number of aliphatic hydroxyl groups is 1. The summed E-state index contributed by atoms with van der Waals surface area (Å²) in [5.41, 5.74) is 1.53. The van der Waals surface area contributed by atoms with Crippen molar-refractivity contribution in [2.24, 2.45) is 5.92 Å². The molecule has 1 fully saturated rings. The van der Waals surface area contributed by atoms with Crippen molar-refractivity contribution in [3.8, 4) is 0 Å². The lowest BCUT2D eigenvalue weighted by Gasteiger charge is -2.32. The van der Waals surface area contributed by atoms with Gasteiger partial charge in [-0.1, -0.05) is 13.8 Å². The van der Waals surface area contributed by atoms with Gasteiger partial charge in [-0.05, 0) is 25.2 Å². The summed E-state index contributed by atoms with van der Waals surface area (Å²) < 4.78 is 5.07. The Bertz CT molecular complexity index is 306. The van der Waals surface area contributed by atoms with Crippen molar-refractivity contribution in [1.82, 2.24) is 0 Å². The monoisotopic (exact) mass is 196 g/mol. The molecule has 1 saturated carbocycles. The smallest absolute Gasteiger partial charge is 0.336 e. The van der Waals surface area contributed by atoms with Crippen LogP contribution < -0.4 is 0 Å². The van der Waals surface area contributed by atoms with E-state index in [-0.39, 0.29) is 5.97 Å². The Labute approximate surface area is 83.8 Å². The average molecular weight is 196 g/mol. The van der Waals surface area contributed by atoms with Crippen LogP contribution in [0.4, 0.5) is 0 Å². The summed E-state index contributed by atoms with van der Waals surface area (Å²) in [7, 11) is 0. The summed E-state index contributed by atoms with van der Waals surface area (Å²) in [4.78, 5) is 11.4. The third kappa shape index (κ3) is 1.27. The third-order valence-corrected chi connectivity index (χ3v) is 3.21. The number of carbonyl (C=O) groups excluding carboxylic acids is 1. The Morgan fingerprint density at radius 1 is 1.64 bits per heavy atom. The van der Waals surface area contributed by atoms with Gasteiger partial charge in [-0.2, -0.15) is 0 Å². The molecule has 3 heteroatoms. The Morgan fingerprint density at radius 3 is 3.00 bits per heavy atom. The highest BCUT2D eigenvalue weighted by Gasteiger charge is 2.48. The first kappa shape index (κ1) is 9.71. The SMILES string of the molecule is CCC1=C2CCC(C)CC2(O)OC1=O. The van der Waals surface area contributed by atoms with Crippen LogP contribution in [0.15, 0.2) is 11.1 Å². The van der Waals surface area contributed by atoms with Gasteiger partial charge in [0.25, 0.3) is 0 Å². The van der Waals surface area contributed by atoms with Crippen molar-refractivity contribution in [1.29, 1.82) is 0 Å². The van der Waals surface area contributed by atoms with E-state index in [1.807, 2.05) is 6.92 Å². The minimum Gasteiger partial charge on any atom is -0.426 e. The lowest BCUT2D eigenvalue weighted by atomic mass is 9.81. The van der Waals surface area contributed by atoms with Gasteiger partial charge >= 0.3 is 5.97 Å². The fraction of sp³-hybridized carbons (Fsp3) is 0.727. The molecule has 0 bridgehead atoms. The number of hydrogen-bond acceptors (Lipinski definition) is 3. The minimum absolute atomic E-state index is 0.320. The van der Waals surface area contributed by atoms with E-state index in [9.17, 15) is 9.90 Å². The van der Waals surface area contributed by atoms with Crippen LogP contribution in [-0.4, -0.2) is 16.9 Å². The van der Waals surface area contributed by atoms with Gasteiger partial charge < -0.3 is 9.84 Å². The molecule has 0 aromatic heterocycles. The average Bonchev–Trinajstić information content (AvgIpc) is 2.33. The lowest BCUT2D eigenvalue weighted by Crippen LogP contribution is -2.37. The van der Waals surface area contributed by atoms with Gasteiger partial charge in [0.1, 0.15) is 0 Å². The summed E-state index contributed by atoms with van der Waals surface area (Å²) >= 11 is 0. The first-order valence-electron chi connectivity index (χ1n) is 5.25. The number of carbonyl (C=O) groups is 1. The predicted molar refractivity (Wildman–Crippen MR) is 51.4 cm³/mol. The summed E-state index contributed by atoms with van der Waals surface area (Å²) in [5.74, 6) is -1.16. The molecule has 2 aliphatic rings. The van der Waals surface area contributed by atoms with E-state index < -0.39 is 5.79 Å². The van der Waals surface area contributed by atoms with Crippen LogP contribution in [0.3, 0.4) is 0 Å². The number of hydrogen-bond donors (Lipinski definition) is 1. The molecule has 0 aromatic carbocycles. The second-order valence-corrected chi connectivity index (χ2v) is 4.33. The van der Waals surface area contributed by atoms with Crippen LogP contribution >= 0.6 is 0 Å². The summed E-state index contributed by atoms with van der Waals surface area (Å²) in [6, 6.07) is 0. The maximum Gasteiger partial charge on any atom is 0.336 e. The zero-order chi connectivity index (χ0) is 10.3. The molecule has 78 valence electrons. The van der Waals surface area contributed by atoms with Crippen molar-refractivity contribution in [3.05, 3.63) is 11.1 Å². The maximum absolute atomic E-state index is 11.4. The van der Waals surface area contributed by atoms with Gasteiger partial charge in [0.05, 0.1) is 0 Å². The van der Waals surface area contributed by atoms with E-state index in [1.54, 1.807) is 0 Å². The van der Waals surface area contributed by atoms with Gasteiger partial charge in [-0.3, -0.25) is 0 Å². The molecular formula is C11H16O3. The van der Waals surface area contributed by atoms with Gasteiger partial charge in [-0.25, -0.2) is 4.79 Å². The first-order valence-corrected chi connectivity index (χ1v) is 5.25. The fourth-order valence-corrected chi connectivity index (χ4v) is 2.47. The van der Waals surface area contributed by atoms with E-state index in [4.69, 9.17) is 4.74 Å². The predicted octanol–water partition coefficient (Wildman–Crippen LogP) is 1.76. The standard InChI is InChI=1S/C11H16O3/c1-3-8-9-5-4-7(2)6-11(9,13)14-10(8)12/h7,13H,3-6H2,1-2H3. The number of rotatable bonds is 1. The summed E-state index contributed by atoms with van der Waals surface area (Å²) in [6.45, 7) is 4.00. The molecule has 0 radical (unpaired) electrons. The van der Waals surface area contributed by atoms with Crippen molar-refractivity contribution < 1.29 is 14.6 Å². The Hall–Kier alpha value is -0.830. The molecule has 0 saturated heterocycles. The normalized spacial score (nSPS) is 37.1. The molecular weight excluding hydrogens is 180 g/mol. The zero-order valence-corrected chi connectivity index (χ0v) is 8.67. The van der Waals surface area contributed by atoms with Crippen LogP contribution in [0.2, 0.25) is 0 Å². The van der Waals surface area contributed by atoms with Crippen LogP contribution in [-0.2, 0) is 9.53 Å². The molecule has 2 atom stereocenters. The molecule has 2 rings (SSSR count). The number of fused-ring (bicyclic) bond motifs is 1. The Kier molecular flexibility index (Phi) is 2.14. The maximum atomic E-state index is 11.4. The number of ether oxygens (including phenoxy) is 1. The first-order chi connectivity index (χ1) is 6.57. The summed E-state index contributed by atoms with van der Waals surface area (Å²) in [5, 5.41) is 10.2. The quantitative estimate of drug-likeness (QED) is 0.650. The Morgan fingerprint density at radius 2 is 2.36 bits per heavy atom. The molecule has 1 heterocycles. The van der Waals surface area contributed by atoms with E-state index >= 15 is 0 Å². The molecule has 3 nitrogen and oxygen atoms in total. The highest BCUT2D eigenvalue weighted by Crippen LogP contribution is 2.44. The van der Waals surface area contributed by atoms with Gasteiger partial charge in [0.2, 0.25) is 5.79 Å². The van der Waals surface area contributed by atoms with E-state index in [2.05, 4.69) is 6.92 Å². The van der Waals surface area contributed by atoms with E-state index in [0.717, 1.165) is 18.4 Å². The van der Waals surface area contributed by atoms with Crippen molar-refractivity contribution in [2.45, 2.75) is 45.3 Å². The molecule has 1 aliphatic carbocycles. The second-order valence-electron chi connectivity index (χ2n) is 4.33. The minimum atomic E-state index is -1.26. The van der Waals surface area contributed by atoms with Crippen molar-refractivity contribution >= 4 is 5.97 Å². The van der Waals surface area contributed by atoms with Gasteiger partial charge in [0, 0.05) is 17.6 Å².